The molecule has 0 radical (unpaired) electrons. The zero-order valence-electron chi connectivity index (χ0n) is 27.6. The summed E-state index contributed by atoms with van der Waals surface area (Å²) in [7, 11) is 0. The van der Waals surface area contributed by atoms with Crippen molar-refractivity contribution in [1.82, 2.24) is 19.9 Å². The number of hydrogen-bond donors (Lipinski definition) is 3. The second-order valence-electron chi connectivity index (χ2n) is 12.9. The number of hydrogen-bond acceptors (Lipinski definition) is 2. The highest BCUT2D eigenvalue weighted by molar-refractivity contribution is 5.99. The van der Waals surface area contributed by atoms with Crippen LogP contribution in [0.4, 0.5) is 0 Å². The quantitative estimate of drug-likeness (QED) is 0.181. The van der Waals surface area contributed by atoms with E-state index < -0.39 is 0 Å². The summed E-state index contributed by atoms with van der Waals surface area (Å²) in [6, 6.07) is 42.3. The smallest absolute Gasteiger partial charge is 0.137 e. The molecule has 236 valence electrons. The number of aromatic amines is 3. The summed E-state index contributed by atoms with van der Waals surface area (Å²) in [5, 5.41) is 0. The Balaban J connectivity index is 1.46. The minimum atomic E-state index is 0.780. The van der Waals surface area contributed by atoms with E-state index in [0.717, 1.165) is 83.5 Å². The van der Waals surface area contributed by atoms with Gasteiger partial charge in [-0.2, -0.15) is 0 Å². The summed E-state index contributed by atoms with van der Waals surface area (Å²) >= 11 is 0. The third-order valence-corrected chi connectivity index (χ3v) is 9.48. The third kappa shape index (κ3) is 4.99. The van der Waals surface area contributed by atoms with Gasteiger partial charge in [0.1, 0.15) is 11.2 Å². The number of aryl methyl sites for hydroxylation is 3. The molecule has 0 atom stereocenters. The molecule has 0 fully saturated rings. The minimum absolute atomic E-state index is 0.780. The van der Waals surface area contributed by atoms with E-state index in [0.29, 0.717) is 0 Å². The van der Waals surface area contributed by atoms with E-state index in [1.165, 1.54) is 22.3 Å². The molecule has 8 aromatic rings. The lowest BCUT2D eigenvalue weighted by Gasteiger charge is -2.13. The fourth-order valence-electron chi connectivity index (χ4n) is 7.39. The van der Waals surface area contributed by atoms with Gasteiger partial charge in [0, 0.05) is 22.2 Å². The largest absolute Gasteiger partial charge is 0.456 e. The van der Waals surface area contributed by atoms with Crippen molar-refractivity contribution in [3.8, 4) is 33.4 Å². The van der Waals surface area contributed by atoms with E-state index in [-0.39, 0.29) is 0 Å². The maximum Gasteiger partial charge on any atom is 0.137 e. The molecule has 10 bridgehead atoms. The first-order valence-electron chi connectivity index (χ1n) is 16.6. The van der Waals surface area contributed by atoms with Crippen LogP contribution in [0.1, 0.15) is 28.1 Å². The number of fused-ring (bicyclic) bond motifs is 12. The summed E-state index contributed by atoms with van der Waals surface area (Å²) in [6.07, 6.45) is 4.24. The van der Waals surface area contributed by atoms with Crippen LogP contribution in [0.15, 0.2) is 126 Å². The fraction of sp³-hybridized carbons (Fsp3) is 0.0682. The Kier molecular flexibility index (Phi) is 6.73. The number of rotatable bonds is 3. The summed E-state index contributed by atoms with van der Waals surface area (Å²) in [5.74, 6) is 0. The summed E-state index contributed by atoms with van der Waals surface area (Å²) in [6.45, 7) is 6.54. The SMILES string of the molecule is Cc1cc(C)c(-c2c3nc(c4ccc([nH]4)c(-c4ccccc4)c4ccc(o4)c(-c4ccccc4)c4ccc([nH]4)c4ccc2[nH]4)C=C3)c(C)c1. The van der Waals surface area contributed by atoms with Gasteiger partial charge in [-0.15, -0.1) is 0 Å². The summed E-state index contributed by atoms with van der Waals surface area (Å²) in [4.78, 5) is 16.4. The Labute approximate surface area is 283 Å². The molecule has 0 unspecified atom stereocenters. The second-order valence-corrected chi connectivity index (χ2v) is 12.9. The Morgan fingerprint density at radius 1 is 0.429 bits per heavy atom. The highest BCUT2D eigenvalue weighted by Crippen LogP contribution is 2.38. The Bertz CT molecular complexity index is 2710. The lowest BCUT2D eigenvalue weighted by atomic mass is 9.92. The minimum Gasteiger partial charge on any atom is -0.456 e. The van der Waals surface area contributed by atoms with Crippen molar-refractivity contribution < 1.29 is 4.42 Å². The van der Waals surface area contributed by atoms with E-state index in [4.69, 9.17) is 9.40 Å². The molecule has 6 heterocycles. The molecule has 5 nitrogen and oxygen atoms in total. The molecular formula is C44H34N4O. The van der Waals surface area contributed by atoms with Gasteiger partial charge in [-0.1, -0.05) is 78.4 Å². The molecule has 3 N–H and O–H groups in total. The van der Waals surface area contributed by atoms with Gasteiger partial charge in [0.05, 0.1) is 39.0 Å². The van der Waals surface area contributed by atoms with Crippen molar-refractivity contribution in [2.24, 2.45) is 0 Å². The van der Waals surface area contributed by atoms with Crippen LogP contribution in [0.25, 0.3) is 89.8 Å². The number of benzene rings is 3. The predicted molar refractivity (Wildman–Crippen MR) is 204 cm³/mol. The molecule has 0 spiro atoms. The third-order valence-electron chi connectivity index (χ3n) is 9.48. The van der Waals surface area contributed by atoms with Gasteiger partial charge in [0.15, 0.2) is 0 Å². The molecule has 0 amide bonds. The van der Waals surface area contributed by atoms with Gasteiger partial charge < -0.3 is 19.4 Å². The Morgan fingerprint density at radius 3 is 1.43 bits per heavy atom. The van der Waals surface area contributed by atoms with Crippen molar-refractivity contribution >= 4 is 56.4 Å². The van der Waals surface area contributed by atoms with Crippen LogP contribution in [0.3, 0.4) is 0 Å². The van der Waals surface area contributed by atoms with Crippen LogP contribution in [0, 0.1) is 20.8 Å². The maximum atomic E-state index is 6.81. The van der Waals surface area contributed by atoms with Crippen molar-refractivity contribution in [2.45, 2.75) is 20.8 Å². The number of nitrogens with zero attached hydrogens (tertiary/aromatic N) is 1. The van der Waals surface area contributed by atoms with Crippen LogP contribution >= 0.6 is 0 Å². The van der Waals surface area contributed by atoms with Crippen molar-refractivity contribution in [3.05, 3.63) is 149 Å². The van der Waals surface area contributed by atoms with Crippen LogP contribution < -0.4 is 0 Å². The normalized spacial score (nSPS) is 11.9. The molecule has 1 aliphatic rings. The highest BCUT2D eigenvalue weighted by atomic mass is 16.3. The molecule has 5 aromatic heterocycles. The van der Waals surface area contributed by atoms with Gasteiger partial charge >= 0.3 is 0 Å². The molecular weight excluding hydrogens is 601 g/mol. The first kappa shape index (κ1) is 28.9. The van der Waals surface area contributed by atoms with E-state index >= 15 is 0 Å². The number of nitrogens with one attached hydrogen (secondary N) is 3. The van der Waals surface area contributed by atoms with Gasteiger partial charge in [0.25, 0.3) is 0 Å². The van der Waals surface area contributed by atoms with Crippen LogP contribution in [-0.4, -0.2) is 19.9 Å². The van der Waals surface area contributed by atoms with Crippen LogP contribution in [0.5, 0.6) is 0 Å². The van der Waals surface area contributed by atoms with Gasteiger partial charge in [-0.05, 0) is 109 Å². The molecule has 1 aliphatic heterocycles. The number of H-pyrrole nitrogens is 3. The van der Waals surface area contributed by atoms with Crippen molar-refractivity contribution in [1.29, 1.82) is 0 Å². The lowest BCUT2D eigenvalue weighted by Crippen LogP contribution is -1.93. The average molecular weight is 635 g/mol. The maximum absolute atomic E-state index is 6.81. The van der Waals surface area contributed by atoms with E-state index in [1.807, 2.05) is 12.1 Å². The molecule has 5 heteroatoms. The first-order valence-corrected chi connectivity index (χ1v) is 16.6. The van der Waals surface area contributed by atoms with Gasteiger partial charge in [0.2, 0.25) is 0 Å². The van der Waals surface area contributed by atoms with Crippen molar-refractivity contribution in [2.75, 3.05) is 0 Å². The second kappa shape index (κ2) is 11.4. The highest BCUT2D eigenvalue weighted by Gasteiger charge is 2.17. The zero-order chi connectivity index (χ0) is 33.1. The monoisotopic (exact) mass is 634 g/mol. The lowest BCUT2D eigenvalue weighted by molar-refractivity contribution is 0.668. The van der Waals surface area contributed by atoms with Crippen LogP contribution in [0.2, 0.25) is 0 Å². The topological polar surface area (TPSA) is 73.4 Å². The summed E-state index contributed by atoms with van der Waals surface area (Å²) in [5.41, 5.74) is 19.3. The Hall–Kier alpha value is -6.33. The molecule has 49 heavy (non-hydrogen) atoms. The standard InChI is InChI=1S/C44H34N4O/c1-26-24-27(2)41(28(3)25-26)44-37-20-16-33(47-37)31-14-18-35(45-31)42(29-10-6-4-7-11-29)39-22-23-40(49-39)43(30-12-8-5-9-13-30)36-19-15-32(46-36)34-17-21-38(44)48-34/h4-25,45-47H,1-3H3. The van der Waals surface area contributed by atoms with Gasteiger partial charge in [-0.3, -0.25) is 0 Å². The van der Waals surface area contributed by atoms with Gasteiger partial charge in [-0.25, -0.2) is 4.98 Å². The fourth-order valence-corrected chi connectivity index (χ4v) is 7.39. The molecule has 3 aromatic carbocycles. The average Bonchev–Trinajstić information content (AvgIpc) is 3.95. The molecule has 9 rings (SSSR count). The molecule has 0 saturated heterocycles. The zero-order valence-corrected chi connectivity index (χ0v) is 27.6. The first-order chi connectivity index (χ1) is 24.0. The molecule has 0 aliphatic carbocycles. The van der Waals surface area contributed by atoms with Crippen molar-refractivity contribution in [3.63, 3.8) is 0 Å². The molecule has 0 saturated carbocycles. The van der Waals surface area contributed by atoms with E-state index in [9.17, 15) is 0 Å². The van der Waals surface area contributed by atoms with E-state index in [1.54, 1.807) is 0 Å². The predicted octanol–water partition coefficient (Wildman–Crippen LogP) is 11.9. The number of furan rings is 1. The summed E-state index contributed by atoms with van der Waals surface area (Å²) < 4.78 is 6.81. The van der Waals surface area contributed by atoms with E-state index in [2.05, 4.69) is 157 Å². The Morgan fingerprint density at radius 2 is 0.878 bits per heavy atom. The number of aromatic nitrogens is 4. The van der Waals surface area contributed by atoms with Crippen LogP contribution in [-0.2, 0) is 0 Å².